The van der Waals surface area contributed by atoms with E-state index in [2.05, 4.69) is 20.2 Å². The number of β-lactam (4-membered cyclic amide) rings is 1. The van der Waals surface area contributed by atoms with Gasteiger partial charge in [-0.3, -0.25) is 14.4 Å². The monoisotopic (exact) mass is 429 g/mol. The summed E-state index contributed by atoms with van der Waals surface area (Å²) in [4.78, 5) is 52.4. The first-order chi connectivity index (χ1) is 13.3. The first kappa shape index (κ1) is 19.9. The summed E-state index contributed by atoms with van der Waals surface area (Å²) in [6.45, 7) is -0.658. The van der Waals surface area contributed by atoms with E-state index in [1.807, 2.05) is 0 Å². The molecule has 2 fully saturated rings. The first-order valence-corrected chi connectivity index (χ1v) is 9.77. The molecule has 0 radical (unpaired) electrons. The van der Waals surface area contributed by atoms with Crippen LogP contribution in [0, 0.1) is 5.41 Å². The fourth-order valence-corrected chi connectivity index (χ4v) is 4.93. The molecule has 3 heterocycles. The van der Waals surface area contributed by atoms with Gasteiger partial charge in [-0.1, -0.05) is 5.16 Å². The molecule has 3 amide bonds. The van der Waals surface area contributed by atoms with E-state index in [4.69, 9.17) is 10.9 Å². The van der Waals surface area contributed by atoms with Crippen LogP contribution < -0.4 is 11.1 Å². The van der Waals surface area contributed by atoms with Crippen molar-refractivity contribution in [2.45, 2.75) is 11.4 Å². The Morgan fingerprint density at radius 1 is 1.50 bits per heavy atom. The SMILES string of the molecule is NC(=O)OCC1(C(=O)O)CS[C@@H]2C(NC(=O)C(=NO)c3cscn3)C(=O)N2C1. The third-order valence-corrected chi connectivity index (χ3v) is 6.54. The number of carboxylic acid groups (broad SMARTS) is 1. The van der Waals surface area contributed by atoms with Crippen LogP contribution in [-0.4, -0.2) is 80.1 Å². The van der Waals surface area contributed by atoms with Gasteiger partial charge < -0.3 is 31.0 Å². The molecule has 150 valence electrons. The maximum atomic E-state index is 12.4. The minimum Gasteiger partial charge on any atom is -0.481 e. The van der Waals surface area contributed by atoms with Gasteiger partial charge in [0.05, 0.1) is 5.51 Å². The smallest absolute Gasteiger partial charge is 0.404 e. The predicted octanol–water partition coefficient (Wildman–Crippen LogP) is -1.11. The van der Waals surface area contributed by atoms with Crippen molar-refractivity contribution in [2.75, 3.05) is 18.9 Å². The van der Waals surface area contributed by atoms with E-state index in [1.165, 1.54) is 27.1 Å². The van der Waals surface area contributed by atoms with E-state index in [0.29, 0.717) is 0 Å². The summed E-state index contributed by atoms with van der Waals surface area (Å²) < 4.78 is 4.66. The summed E-state index contributed by atoms with van der Waals surface area (Å²) in [6.07, 6.45) is -1.11. The second-order valence-corrected chi connectivity index (χ2v) is 7.96. The third kappa shape index (κ3) is 3.47. The molecule has 1 aromatic rings. The van der Waals surface area contributed by atoms with Crippen LogP contribution in [0.5, 0.6) is 0 Å². The number of nitrogens with one attached hydrogen (secondary N) is 1. The van der Waals surface area contributed by atoms with Gasteiger partial charge in [0.25, 0.3) is 5.91 Å². The Labute approximate surface area is 165 Å². The Morgan fingerprint density at radius 3 is 2.82 bits per heavy atom. The van der Waals surface area contributed by atoms with Gasteiger partial charge in [-0.25, -0.2) is 9.78 Å². The molecule has 2 saturated heterocycles. The number of carboxylic acids is 1. The summed E-state index contributed by atoms with van der Waals surface area (Å²) >= 11 is 2.34. The zero-order chi connectivity index (χ0) is 20.5. The van der Waals surface area contributed by atoms with Crippen molar-refractivity contribution in [1.29, 1.82) is 0 Å². The zero-order valence-electron chi connectivity index (χ0n) is 14.1. The topological polar surface area (TPSA) is 185 Å². The number of hydrogen-bond acceptors (Lipinski definition) is 10. The quantitative estimate of drug-likeness (QED) is 0.188. The molecule has 3 atom stereocenters. The summed E-state index contributed by atoms with van der Waals surface area (Å²) in [5, 5.41) is 25.1. The lowest BCUT2D eigenvalue weighted by Gasteiger charge is -2.53. The average Bonchev–Trinajstić information content (AvgIpc) is 3.18. The Bertz CT molecular complexity index is 845. The predicted molar refractivity (Wildman–Crippen MR) is 95.9 cm³/mol. The van der Waals surface area contributed by atoms with E-state index < -0.39 is 47.3 Å². The van der Waals surface area contributed by atoms with E-state index in [9.17, 15) is 24.3 Å². The molecule has 0 aromatic carbocycles. The van der Waals surface area contributed by atoms with Crippen LogP contribution in [0.15, 0.2) is 16.0 Å². The highest BCUT2D eigenvalue weighted by Gasteiger charge is 2.58. The molecular weight excluding hydrogens is 414 g/mol. The van der Waals surface area contributed by atoms with Crippen molar-refractivity contribution in [3.8, 4) is 0 Å². The summed E-state index contributed by atoms with van der Waals surface area (Å²) in [7, 11) is 0. The number of thioether (sulfide) groups is 1. The number of ether oxygens (including phenoxy) is 1. The van der Waals surface area contributed by atoms with E-state index in [0.717, 1.165) is 11.8 Å². The summed E-state index contributed by atoms with van der Waals surface area (Å²) in [5.74, 6) is -2.45. The lowest BCUT2D eigenvalue weighted by Crippen LogP contribution is -2.74. The van der Waals surface area contributed by atoms with Crippen molar-refractivity contribution in [3.63, 3.8) is 0 Å². The highest BCUT2D eigenvalue weighted by Crippen LogP contribution is 2.42. The van der Waals surface area contributed by atoms with Crippen molar-refractivity contribution < 1.29 is 34.2 Å². The lowest BCUT2D eigenvalue weighted by atomic mass is 9.88. The Balaban J connectivity index is 1.67. The number of fused-ring (bicyclic) bond motifs is 1. The van der Waals surface area contributed by atoms with E-state index >= 15 is 0 Å². The third-order valence-electron chi connectivity index (χ3n) is 4.37. The number of aliphatic carboxylic acids is 1. The number of nitrogens with two attached hydrogens (primary N) is 1. The molecule has 2 aliphatic heterocycles. The van der Waals surface area contributed by atoms with Crippen LogP contribution in [0.1, 0.15) is 5.69 Å². The normalized spacial score (nSPS) is 26.8. The minimum atomic E-state index is -1.49. The fourth-order valence-electron chi connectivity index (χ4n) is 2.87. The van der Waals surface area contributed by atoms with Crippen LogP contribution >= 0.6 is 23.1 Å². The molecule has 14 heteroatoms. The molecule has 1 aromatic heterocycles. The molecular formula is C14H15N5O7S2. The molecule has 0 spiro atoms. The first-order valence-electron chi connectivity index (χ1n) is 7.78. The number of aromatic nitrogens is 1. The molecule has 3 rings (SSSR count). The van der Waals surface area contributed by atoms with Gasteiger partial charge in [0.1, 0.15) is 29.1 Å². The molecule has 28 heavy (non-hydrogen) atoms. The van der Waals surface area contributed by atoms with Crippen molar-refractivity contribution in [3.05, 3.63) is 16.6 Å². The number of amides is 3. The highest BCUT2D eigenvalue weighted by atomic mass is 32.2. The van der Waals surface area contributed by atoms with Crippen LogP contribution in [0.2, 0.25) is 0 Å². The number of rotatable bonds is 6. The largest absolute Gasteiger partial charge is 0.481 e. The number of carbonyl (C=O) groups excluding carboxylic acids is 3. The molecule has 12 nitrogen and oxygen atoms in total. The van der Waals surface area contributed by atoms with Crippen molar-refractivity contribution in [2.24, 2.45) is 16.3 Å². The molecule has 0 saturated carbocycles. The van der Waals surface area contributed by atoms with E-state index in [1.54, 1.807) is 0 Å². The number of oxime groups is 1. The van der Waals surface area contributed by atoms with Gasteiger partial charge in [-0.15, -0.1) is 23.1 Å². The Kier molecular flexibility index (Phi) is 5.42. The number of thiazole rings is 1. The summed E-state index contributed by atoms with van der Waals surface area (Å²) in [5.41, 5.74) is 4.71. The number of primary amides is 1. The minimum absolute atomic E-state index is 0.0451. The van der Waals surface area contributed by atoms with Crippen molar-refractivity contribution >= 4 is 52.7 Å². The summed E-state index contributed by atoms with van der Waals surface area (Å²) in [6, 6.07) is -0.906. The maximum Gasteiger partial charge on any atom is 0.404 e. The number of carbonyl (C=O) groups is 4. The van der Waals surface area contributed by atoms with Gasteiger partial charge in [-0.05, 0) is 0 Å². The molecule has 0 bridgehead atoms. The second kappa shape index (κ2) is 7.63. The van der Waals surface area contributed by atoms with Crippen molar-refractivity contribution in [1.82, 2.24) is 15.2 Å². The van der Waals surface area contributed by atoms with Gasteiger partial charge >= 0.3 is 12.1 Å². The molecule has 0 aliphatic carbocycles. The van der Waals surface area contributed by atoms with Crippen LogP contribution in [0.3, 0.4) is 0 Å². The van der Waals surface area contributed by atoms with Crippen LogP contribution in [0.4, 0.5) is 4.79 Å². The van der Waals surface area contributed by atoms with Crippen LogP contribution in [0.25, 0.3) is 0 Å². The standard InChI is InChI=1S/C14H15N5O7S2/c15-13(24)26-3-14(12(22)23)2-19-10(21)8(11(19)28-4-14)17-9(20)7(18-25)6-1-27-5-16-6/h1,5,8,11,25H,2-4H2,(H2,15,24)(H,17,20)(H,22,23)/t8?,11-,14?/m1/s1. The maximum absolute atomic E-state index is 12.4. The van der Waals surface area contributed by atoms with Gasteiger partial charge in [0, 0.05) is 17.7 Å². The second-order valence-electron chi connectivity index (χ2n) is 6.13. The van der Waals surface area contributed by atoms with Gasteiger partial charge in [0.2, 0.25) is 5.91 Å². The van der Waals surface area contributed by atoms with E-state index in [-0.39, 0.29) is 23.7 Å². The van der Waals surface area contributed by atoms with Gasteiger partial charge in [-0.2, -0.15) is 0 Å². The average molecular weight is 429 g/mol. The van der Waals surface area contributed by atoms with Gasteiger partial charge in [0.15, 0.2) is 5.71 Å². The lowest BCUT2D eigenvalue weighted by molar-refractivity contribution is -0.160. The molecule has 2 unspecified atom stereocenters. The Morgan fingerprint density at radius 2 is 2.25 bits per heavy atom. The zero-order valence-corrected chi connectivity index (χ0v) is 15.7. The number of hydrogen-bond donors (Lipinski definition) is 4. The molecule has 5 N–H and O–H groups in total. The molecule has 2 aliphatic rings. The highest BCUT2D eigenvalue weighted by molar-refractivity contribution is 8.00. The number of nitrogens with zero attached hydrogens (tertiary/aromatic N) is 3. The fraction of sp³-hybridized carbons (Fsp3) is 0.429. The Hall–Kier alpha value is -2.87. The van der Waals surface area contributed by atoms with Crippen LogP contribution in [-0.2, 0) is 19.1 Å².